The van der Waals surface area contributed by atoms with Crippen LogP contribution in [0.4, 0.5) is 0 Å². The van der Waals surface area contributed by atoms with Crippen molar-refractivity contribution >= 4 is 29.1 Å². The van der Waals surface area contributed by atoms with Crippen LogP contribution in [0.1, 0.15) is 24.2 Å². The van der Waals surface area contributed by atoms with Crippen LogP contribution in [0.2, 0.25) is 10.0 Å². The lowest BCUT2D eigenvalue weighted by molar-refractivity contribution is 0.0209. The van der Waals surface area contributed by atoms with Crippen LogP contribution in [0.15, 0.2) is 18.2 Å². The average Bonchev–Trinajstić information content (AvgIpc) is 2.21. The highest BCUT2D eigenvalue weighted by Crippen LogP contribution is 2.20. The predicted octanol–water partition coefficient (Wildman–Crippen LogP) is 3.31. The maximum absolute atomic E-state index is 11.6. The molecule has 1 amide bonds. The van der Waals surface area contributed by atoms with Crippen LogP contribution in [0, 0.1) is 5.92 Å². The topological polar surface area (TPSA) is 38.3 Å². The van der Waals surface area contributed by atoms with E-state index in [2.05, 4.69) is 5.48 Å². The Balaban J connectivity index is 2.62. The summed E-state index contributed by atoms with van der Waals surface area (Å²) < 4.78 is 0. The van der Waals surface area contributed by atoms with Gasteiger partial charge in [-0.2, -0.15) is 0 Å². The number of nitrogens with one attached hydrogen (secondary N) is 1. The Bertz CT molecular complexity index is 380. The molecular formula is C11H13Cl2NO2. The highest BCUT2D eigenvalue weighted by Gasteiger charge is 2.11. The van der Waals surface area contributed by atoms with Gasteiger partial charge in [-0.3, -0.25) is 9.63 Å². The van der Waals surface area contributed by atoms with Crippen LogP contribution in [0.5, 0.6) is 0 Å². The van der Waals surface area contributed by atoms with E-state index in [1.165, 1.54) is 6.07 Å². The molecule has 0 aliphatic heterocycles. The van der Waals surface area contributed by atoms with Gasteiger partial charge in [-0.15, -0.1) is 0 Å². The first-order valence-electron chi connectivity index (χ1n) is 4.88. The molecule has 0 aromatic heterocycles. The van der Waals surface area contributed by atoms with Gasteiger partial charge in [0.15, 0.2) is 0 Å². The van der Waals surface area contributed by atoms with Gasteiger partial charge in [0.2, 0.25) is 0 Å². The number of carbonyl (C=O) groups excluding carboxylic acids is 1. The molecule has 1 rings (SSSR count). The molecule has 5 heteroatoms. The first kappa shape index (κ1) is 13.3. The second-order valence-electron chi connectivity index (χ2n) is 3.76. The fourth-order valence-corrected chi connectivity index (χ4v) is 1.38. The largest absolute Gasteiger partial charge is 0.276 e. The predicted molar refractivity (Wildman–Crippen MR) is 64.7 cm³/mol. The van der Waals surface area contributed by atoms with E-state index in [9.17, 15) is 4.79 Å². The van der Waals surface area contributed by atoms with Gasteiger partial charge in [-0.1, -0.05) is 37.0 Å². The fraction of sp³-hybridized carbons (Fsp3) is 0.364. The van der Waals surface area contributed by atoms with Crippen molar-refractivity contribution in [1.82, 2.24) is 5.48 Å². The third-order valence-electron chi connectivity index (χ3n) is 1.75. The summed E-state index contributed by atoms with van der Waals surface area (Å²) in [6.07, 6.45) is 0. The van der Waals surface area contributed by atoms with E-state index < -0.39 is 5.91 Å². The highest BCUT2D eigenvalue weighted by atomic mass is 35.5. The first-order chi connectivity index (χ1) is 7.50. The van der Waals surface area contributed by atoms with E-state index >= 15 is 0 Å². The van der Waals surface area contributed by atoms with Crippen molar-refractivity contribution in [3.8, 4) is 0 Å². The van der Waals surface area contributed by atoms with E-state index in [1.807, 2.05) is 13.8 Å². The minimum Gasteiger partial charge on any atom is -0.273 e. The average molecular weight is 262 g/mol. The van der Waals surface area contributed by atoms with Gasteiger partial charge in [-0.25, -0.2) is 5.48 Å². The maximum Gasteiger partial charge on any atom is 0.276 e. The van der Waals surface area contributed by atoms with Crippen molar-refractivity contribution < 1.29 is 9.63 Å². The molecule has 0 unspecified atom stereocenters. The van der Waals surface area contributed by atoms with Gasteiger partial charge in [0.05, 0.1) is 17.2 Å². The second kappa shape index (κ2) is 6.09. The van der Waals surface area contributed by atoms with E-state index in [0.29, 0.717) is 28.1 Å². The number of halogens is 2. The zero-order chi connectivity index (χ0) is 12.1. The molecule has 0 heterocycles. The van der Waals surface area contributed by atoms with E-state index in [0.717, 1.165) is 0 Å². The van der Waals surface area contributed by atoms with Gasteiger partial charge in [0.25, 0.3) is 5.91 Å². The molecule has 1 N–H and O–H groups in total. The van der Waals surface area contributed by atoms with Crippen LogP contribution in [-0.4, -0.2) is 12.5 Å². The van der Waals surface area contributed by atoms with E-state index in [4.69, 9.17) is 28.0 Å². The molecule has 0 saturated heterocycles. The zero-order valence-corrected chi connectivity index (χ0v) is 10.6. The summed E-state index contributed by atoms with van der Waals surface area (Å²) in [6, 6.07) is 4.69. The van der Waals surface area contributed by atoms with Crippen molar-refractivity contribution in [1.29, 1.82) is 0 Å². The van der Waals surface area contributed by atoms with Crippen LogP contribution in [-0.2, 0) is 4.84 Å². The lowest BCUT2D eigenvalue weighted by Gasteiger charge is -2.08. The highest BCUT2D eigenvalue weighted by molar-refractivity contribution is 6.35. The number of hydrogen-bond acceptors (Lipinski definition) is 2. The normalized spacial score (nSPS) is 10.6. The zero-order valence-electron chi connectivity index (χ0n) is 9.09. The fourth-order valence-electron chi connectivity index (χ4n) is 1.00. The summed E-state index contributed by atoms with van der Waals surface area (Å²) in [5.41, 5.74) is 2.62. The van der Waals surface area contributed by atoms with Crippen LogP contribution in [0.25, 0.3) is 0 Å². The number of amides is 1. The molecule has 0 radical (unpaired) electrons. The number of hydroxylamine groups is 1. The molecule has 0 bridgehead atoms. The third-order valence-corrected chi connectivity index (χ3v) is 2.32. The first-order valence-corrected chi connectivity index (χ1v) is 5.63. The number of rotatable bonds is 4. The van der Waals surface area contributed by atoms with Crippen molar-refractivity contribution in [3.63, 3.8) is 0 Å². The maximum atomic E-state index is 11.6. The Morgan fingerprint density at radius 1 is 1.44 bits per heavy atom. The van der Waals surface area contributed by atoms with Crippen molar-refractivity contribution in [2.75, 3.05) is 6.61 Å². The number of benzene rings is 1. The third kappa shape index (κ3) is 4.00. The van der Waals surface area contributed by atoms with Gasteiger partial charge in [0, 0.05) is 5.02 Å². The van der Waals surface area contributed by atoms with Gasteiger partial charge >= 0.3 is 0 Å². The molecule has 0 spiro atoms. The smallest absolute Gasteiger partial charge is 0.273 e. The molecule has 16 heavy (non-hydrogen) atoms. The Labute approximate surface area is 105 Å². The summed E-state index contributed by atoms with van der Waals surface area (Å²) >= 11 is 11.6. The summed E-state index contributed by atoms with van der Waals surface area (Å²) in [4.78, 5) is 16.6. The minimum atomic E-state index is -0.395. The Kier molecular flexibility index (Phi) is 5.06. The molecule has 0 fully saturated rings. The standard InChI is InChI=1S/C11H13Cl2NO2/c1-7(2)6-16-14-11(15)9-5-8(12)3-4-10(9)13/h3-5,7H,6H2,1-2H3,(H,14,15). The van der Waals surface area contributed by atoms with Crippen LogP contribution >= 0.6 is 23.2 Å². The van der Waals surface area contributed by atoms with Gasteiger partial charge in [0.1, 0.15) is 0 Å². The molecule has 3 nitrogen and oxygen atoms in total. The Hall–Kier alpha value is -0.770. The molecular weight excluding hydrogens is 249 g/mol. The number of hydrogen-bond donors (Lipinski definition) is 1. The van der Waals surface area contributed by atoms with Gasteiger partial charge in [-0.05, 0) is 24.1 Å². The minimum absolute atomic E-state index is 0.304. The van der Waals surface area contributed by atoms with Crippen LogP contribution in [0.3, 0.4) is 0 Å². The molecule has 0 aliphatic rings. The summed E-state index contributed by atoms with van der Waals surface area (Å²) in [7, 11) is 0. The summed E-state index contributed by atoms with van der Waals surface area (Å²) in [6.45, 7) is 4.42. The van der Waals surface area contributed by atoms with Crippen molar-refractivity contribution in [2.45, 2.75) is 13.8 Å². The Morgan fingerprint density at radius 2 is 2.12 bits per heavy atom. The van der Waals surface area contributed by atoms with Gasteiger partial charge < -0.3 is 0 Å². The number of carbonyl (C=O) groups is 1. The molecule has 1 aromatic rings. The lowest BCUT2D eigenvalue weighted by atomic mass is 10.2. The lowest BCUT2D eigenvalue weighted by Crippen LogP contribution is -2.25. The van der Waals surface area contributed by atoms with Crippen molar-refractivity contribution in [2.24, 2.45) is 5.92 Å². The summed E-state index contributed by atoms with van der Waals surface area (Å²) in [5, 5.41) is 0.799. The molecule has 0 atom stereocenters. The Morgan fingerprint density at radius 3 is 2.75 bits per heavy atom. The monoisotopic (exact) mass is 261 g/mol. The van der Waals surface area contributed by atoms with Crippen molar-refractivity contribution in [3.05, 3.63) is 33.8 Å². The van der Waals surface area contributed by atoms with E-state index in [-0.39, 0.29) is 0 Å². The summed E-state index contributed by atoms with van der Waals surface area (Å²) in [5.74, 6) is -0.0525. The second-order valence-corrected chi connectivity index (χ2v) is 4.60. The SMILES string of the molecule is CC(C)CONC(=O)c1cc(Cl)ccc1Cl. The van der Waals surface area contributed by atoms with E-state index in [1.54, 1.807) is 12.1 Å². The molecule has 1 aromatic carbocycles. The molecule has 0 saturated carbocycles. The quantitative estimate of drug-likeness (QED) is 0.845. The van der Waals surface area contributed by atoms with Crippen LogP contribution < -0.4 is 5.48 Å². The molecule has 0 aliphatic carbocycles. The molecule has 88 valence electrons.